The van der Waals surface area contributed by atoms with Crippen molar-refractivity contribution in [3.63, 3.8) is 0 Å². The van der Waals surface area contributed by atoms with Crippen LogP contribution in [-0.2, 0) is 9.59 Å². The van der Waals surface area contributed by atoms with Crippen LogP contribution in [0, 0.1) is 0 Å². The third-order valence-corrected chi connectivity index (χ3v) is 4.72. The maximum atomic E-state index is 13.3. The average molecular weight is 410 g/mol. The second-order valence-electron chi connectivity index (χ2n) is 7.20. The van der Waals surface area contributed by atoms with Crippen LogP contribution in [0.1, 0.15) is 19.4 Å². The van der Waals surface area contributed by atoms with Gasteiger partial charge in [0.1, 0.15) is 17.2 Å². The smallest absolute Gasteiger partial charge is 0.282 e. The minimum Gasteiger partial charge on any atom is -0.497 e. The van der Waals surface area contributed by atoms with Gasteiger partial charge in [0.2, 0.25) is 0 Å². The number of benzene rings is 2. The van der Waals surface area contributed by atoms with E-state index in [9.17, 15) is 14.7 Å². The number of aliphatic hydroxyl groups is 1. The monoisotopic (exact) mass is 410 g/mol. The molecule has 158 valence electrons. The maximum Gasteiger partial charge on any atom is 0.282 e. The second-order valence-corrected chi connectivity index (χ2v) is 7.20. The van der Waals surface area contributed by atoms with E-state index in [1.54, 1.807) is 67.6 Å². The summed E-state index contributed by atoms with van der Waals surface area (Å²) in [5.74, 6) is 0.467. The SMILES string of the molecule is COc1ccc(N2C(=O)C(c3ccc(OC(C)C)cc3)=C(N(C)CCO)C2=O)cc1. The second kappa shape index (κ2) is 9.00. The van der Waals surface area contributed by atoms with E-state index >= 15 is 0 Å². The van der Waals surface area contributed by atoms with Crippen molar-refractivity contribution in [2.24, 2.45) is 0 Å². The van der Waals surface area contributed by atoms with Crippen LogP contribution >= 0.6 is 0 Å². The van der Waals surface area contributed by atoms with Crippen molar-refractivity contribution in [3.05, 3.63) is 59.8 Å². The number of likely N-dealkylation sites (N-methyl/N-ethyl adjacent to an activating group) is 1. The Labute approximate surface area is 176 Å². The topological polar surface area (TPSA) is 79.3 Å². The lowest BCUT2D eigenvalue weighted by Gasteiger charge is -2.20. The van der Waals surface area contributed by atoms with E-state index in [1.165, 1.54) is 0 Å². The molecule has 2 aromatic rings. The highest BCUT2D eigenvalue weighted by Crippen LogP contribution is 2.35. The summed E-state index contributed by atoms with van der Waals surface area (Å²) >= 11 is 0. The highest BCUT2D eigenvalue weighted by molar-refractivity contribution is 6.45. The first kappa shape index (κ1) is 21.4. The Hall–Kier alpha value is -3.32. The number of carbonyl (C=O) groups excluding carboxylic acids is 2. The zero-order chi connectivity index (χ0) is 21.8. The van der Waals surface area contributed by atoms with Crippen LogP contribution in [0.15, 0.2) is 54.2 Å². The number of hydrogen-bond acceptors (Lipinski definition) is 6. The van der Waals surface area contributed by atoms with Crippen LogP contribution in [0.2, 0.25) is 0 Å². The van der Waals surface area contributed by atoms with Crippen molar-refractivity contribution in [2.75, 3.05) is 32.2 Å². The summed E-state index contributed by atoms with van der Waals surface area (Å²) in [7, 11) is 3.24. The summed E-state index contributed by atoms with van der Waals surface area (Å²) in [4.78, 5) is 29.4. The Morgan fingerprint density at radius 3 is 2.10 bits per heavy atom. The van der Waals surface area contributed by atoms with Crippen molar-refractivity contribution in [3.8, 4) is 11.5 Å². The van der Waals surface area contributed by atoms with Gasteiger partial charge in [-0.25, -0.2) is 4.90 Å². The molecular weight excluding hydrogens is 384 g/mol. The van der Waals surface area contributed by atoms with Gasteiger partial charge >= 0.3 is 0 Å². The molecule has 0 saturated carbocycles. The van der Waals surface area contributed by atoms with Gasteiger partial charge in [0.25, 0.3) is 11.8 Å². The Bertz CT molecular complexity index is 949. The summed E-state index contributed by atoms with van der Waals surface area (Å²) < 4.78 is 10.8. The molecule has 0 fully saturated rings. The molecule has 2 aromatic carbocycles. The van der Waals surface area contributed by atoms with E-state index in [4.69, 9.17) is 9.47 Å². The zero-order valence-electron chi connectivity index (χ0n) is 17.6. The van der Waals surface area contributed by atoms with Crippen molar-refractivity contribution in [2.45, 2.75) is 20.0 Å². The molecule has 0 spiro atoms. The Balaban J connectivity index is 2.03. The Morgan fingerprint density at radius 2 is 1.57 bits per heavy atom. The lowest BCUT2D eigenvalue weighted by molar-refractivity contribution is -0.120. The van der Waals surface area contributed by atoms with Crippen LogP contribution < -0.4 is 14.4 Å². The third kappa shape index (κ3) is 4.16. The number of amides is 2. The van der Waals surface area contributed by atoms with Gasteiger partial charge in [0, 0.05) is 13.6 Å². The van der Waals surface area contributed by atoms with Crippen molar-refractivity contribution in [1.82, 2.24) is 4.90 Å². The van der Waals surface area contributed by atoms with Crippen LogP contribution in [-0.4, -0.2) is 55.2 Å². The van der Waals surface area contributed by atoms with E-state index < -0.39 is 11.8 Å². The first-order chi connectivity index (χ1) is 14.4. The number of imide groups is 1. The summed E-state index contributed by atoms with van der Waals surface area (Å²) in [5, 5.41) is 9.36. The van der Waals surface area contributed by atoms with Gasteiger partial charge < -0.3 is 19.5 Å². The molecule has 7 heteroatoms. The molecule has 2 amide bonds. The van der Waals surface area contributed by atoms with E-state index in [-0.39, 0.29) is 25.0 Å². The van der Waals surface area contributed by atoms with Gasteiger partial charge in [-0.3, -0.25) is 9.59 Å². The molecule has 0 aromatic heterocycles. The van der Waals surface area contributed by atoms with E-state index in [0.717, 1.165) is 4.90 Å². The van der Waals surface area contributed by atoms with Crippen molar-refractivity contribution >= 4 is 23.1 Å². The fourth-order valence-corrected chi connectivity index (χ4v) is 3.33. The van der Waals surface area contributed by atoms with Gasteiger partial charge in [-0.15, -0.1) is 0 Å². The normalized spacial score (nSPS) is 14.0. The molecular formula is C23H26N2O5. The van der Waals surface area contributed by atoms with Crippen LogP contribution in [0.25, 0.3) is 5.57 Å². The number of rotatable bonds is 8. The molecule has 1 aliphatic rings. The number of nitrogens with zero attached hydrogens (tertiary/aromatic N) is 2. The lowest BCUT2D eigenvalue weighted by atomic mass is 10.0. The number of hydrogen-bond donors (Lipinski definition) is 1. The summed E-state index contributed by atoms with van der Waals surface area (Å²) in [6.45, 7) is 3.95. The minimum atomic E-state index is -0.432. The number of ether oxygens (including phenoxy) is 2. The molecule has 1 N–H and O–H groups in total. The molecule has 3 rings (SSSR count). The Morgan fingerprint density at radius 1 is 0.967 bits per heavy atom. The van der Waals surface area contributed by atoms with Crippen molar-refractivity contribution in [1.29, 1.82) is 0 Å². The number of carbonyl (C=O) groups is 2. The quantitative estimate of drug-likeness (QED) is 0.674. The molecule has 7 nitrogen and oxygen atoms in total. The molecule has 1 heterocycles. The number of methoxy groups -OCH3 is 1. The van der Waals surface area contributed by atoms with Crippen LogP contribution in [0.4, 0.5) is 5.69 Å². The number of aliphatic hydroxyl groups excluding tert-OH is 1. The standard InChI is InChI=1S/C23H26N2O5/c1-15(2)30-19-9-5-16(6-10-19)20-21(24(3)13-14-26)23(28)25(22(20)27)17-7-11-18(29-4)12-8-17/h5-12,15,26H,13-14H2,1-4H3. The van der Waals surface area contributed by atoms with Crippen LogP contribution in [0.5, 0.6) is 11.5 Å². The Kier molecular flexibility index (Phi) is 6.42. The predicted octanol–water partition coefficient (Wildman–Crippen LogP) is 2.69. The fraction of sp³-hybridized carbons (Fsp3) is 0.304. The van der Waals surface area contributed by atoms with Gasteiger partial charge in [0.05, 0.1) is 31.1 Å². The molecule has 0 saturated heterocycles. The molecule has 0 radical (unpaired) electrons. The minimum absolute atomic E-state index is 0.0292. The molecule has 30 heavy (non-hydrogen) atoms. The highest BCUT2D eigenvalue weighted by Gasteiger charge is 2.41. The summed E-state index contributed by atoms with van der Waals surface area (Å²) in [6.07, 6.45) is 0.0292. The highest BCUT2D eigenvalue weighted by atomic mass is 16.5. The zero-order valence-corrected chi connectivity index (χ0v) is 17.6. The predicted molar refractivity (Wildman–Crippen MR) is 114 cm³/mol. The summed E-state index contributed by atoms with van der Waals surface area (Å²) in [5.41, 5.74) is 1.61. The lowest BCUT2D eigenvalue weighted by Crippen LogP contribution is -2.34. The van der Waals surface area contributed by atoms with E-state index in [1.807, 2.05) is 13.8 Å². The molecule has 0 aliphatic carbocycles. The van der Waals surface area contributed by atoms with Crippen molar-refractivity contribution < 1.29 is 24.2 Å². The summed E-state index contributed by atoms with van der Waals surface area (Å²) in [6, 6.07) is 13.8. The van der Waals surface area contributed by atoms with E-state index in [2.05, 4.69) is 0 Å². The molecule has 0 bridgehead atoms. The van der Waals surface area contributed by atoms with Gasteiger partial charge in [0.15, 0.2) is 0 Å². The maximum absolute atomic E-state index is 13.3. The van der Waals surface area contributed by atoms with Gasteiger partial charge in [-0.1, -0.05) is 12.1 Å². The molecule has 0 unspecified atom stereocenters. The molecule has 1 aliphatic heterocycles. The largest absolute Gasteiger partial charge is 0.497 e. The van der Waals surface area contributed by atoms with Gasteiger partial charge in [-0.2, -0.15) is 0 Å². The first-order valence-corrected chi connectivity index (χ1v) is 9.73. The molecule has 0 atom stereocenters. The van der Waals surface area contributed by atoms with Gasteiger partial charge in [-0.05, 0) is 55.8 Å². The fourth-order valence-electron chi connectivity index (χ4n) is 3.33. The van der Waals surface area contributed by atoms with E-state index in [0.29, 0.717) is 28.3 Å². The number of anilines is 1. The van der Waals surface area contributed by atoms with Crippen LogP contribution in [0.3, 0.4) is 0 Å². The third-order valence-electron chi connectivity index (χ3n) is 4.72. The average Bonchev–Trinajstić information content (AvgIpc) is 2.99. The first-order valence-electron chi connectivity index (χ1n) is 9.73.